The van der Waals surface area contributed by atoms with Crippen molar-refractivity contribution < 1.29 is 14.6 Å². The molecule has 1 heterocycles. The summed E-state index contributed by atoms with van der Waals surface area (Å²) in [7, 11) is 1.67. The lowest BCUT2D eigenvalue weighted by Gasteiger charge is -2.40. The second kappa shape index (κ2) is 8.27. The number of ether oxygens (including phenoxy) is 1. The molecule has 2 aliphatic rings. The summed E-state index contributed by atoms with van der Waals surface area (Å²) in [5.41, 5.74) is -0.240. The summed E-state index contributed by atoms with van der Waals surface area (Å²) in [6, 6.07) is 0. The van der Waals surface area contributed by atoms with Crippen LogP contribution in [0.5, 0.6) is 0 Å². The number of nitrogens with one attached hydrogen (secondary N) is 1. The van der Waals surface area contributed by atoms with E-state index in [9.17, 15) is 9.90 Å². The molecule has 1 unspecified atom stereocenters. The van der Waals surface area contributed by atoms with Gasteiger partial charge < -0.3 is 20.1 Å². The Bertz CT molecular complexity index is 350. The first-order chi connectivity index (χ1) is 10.6. The average Bonchev–Trinajstić information content (AvgIpc) is 2.46. The van der Waals surface area contributed by atoms with Crippen LogP contribution in [0.4, 0.5) is 0 Å². The summed E-state index contributed by atoms with van der Waals surface area (Å²) < 4.78 is 5.12. The number of rotatable bonds is 8. The predicted molar refractivity (Wildman–Crippen MR) is 86.6 cm³/mol. The number of methoxy groups -OCH3 is 1. The van der Waals surface area contributed by atoms with Crippen molar-refractivity contribution >= 4 is 5.91 Å². The Labute approximate surface area is 134 Å². The number of amides is 1. The van der Waals surface area contributed by atoms with Crippen molar-refractivity contribution in [1.82, 2.24) is 10.2 Å². The minimum atomic E-state index is -0.475. The van der Waals surface area contributed by atoms with E-state index in [2.05, 4.69) is 17.1 Å². The van der Waals surface area contributed by atoms with Crippen LogP contribution >= 0.6 is 0 Å². The molecule has 1 atom stereocenters. The predicted octanol–water partition coefficient (Wildman–Crippen LogP) is 1.40. The molecular weight excluding hydrogens is 280 g/mol. The van der Waals surface area contributed by atoms with Crippen molar-refractivity contribution in [3.8, 4) is 0 Å². The molecule has 2 fully saturated rings. The van der Waals surface area contributed by atoms with Crippen molar-refractivity contribution in [2.24, 2.45) is 11.3 Å². The first-order valence-corrected chi connectivity index (χ1v) is 8.73. The molecular formula is C17H32N2O3. The summed E-state index contributed by atoms with van der Waals surface area (Å²) in [6.07, 6.45) is 5.74. The molecule has 1 saturated carbocycles. The third-order valence-corrected chi connectivity index (χ3v) is 5.42. The fourth-order valence-electron chi connectivity index (χ4n) is 3.50. The molecule has 0 aromatic heterocycles. The molecule has 0 aromatic rings. The third-order valence-electron chi connectivity index (χ3n) is 5.42. The minimum Gasteiger partial charge on any atom is -0.390 e. The maximum absolute atomic E-state index is 12.4. The third kappa shape index (κ3) is 4.67. The molecule has 2 N–H and O–H groups in total. The largest absolute Gasteiger partial charge is 0.390 e. The lowest BCUT2D eigenvalue weighted by Crippen LogP contribution is -2.49. The van der Waals surface area contributed by atoms with Crippen molar-refractivity contribution in [1.29, 1.82) is 0 Å². The number of piperidine rings is 1. The average molecular weight is 312 g/mol. The number of aliphatic hydroxyl groups is 1. The van der Waals surface area contributed by atoms with Crippen LogP contribution in [0.3, 0.4) is 0 Å². The van der Waals surface area contributed by atoms with Gasteiger partial charge in [-0.05, 0) is 51.1 Å². The van der Waals surface area contributed by atoms with Crippen molar-refractivity contribution in [3.63, 3.8) is 0 Å². The fourth-order valence-corrected chi connectivity index (χ4v) is 3.50. The standard InChI is InChI=1S/C17H32N2O3/c1-14-4-9-19(10-5-14)13-15(20)12-18-16(21)17(6-3-7-17)8-11-22-2/h14-15,20H,3-13H2,1-2H3,(H,18,21). The Balaban J connectivity index is 1.68. The Morgan fingerprint density at radius 3 is 2.64 bits per heavy atom. The quantitative estimate of drug-likeness (QED) is 0.711. The van der Waals surface area contributed by atoms with Gasteiger partial charge in [0.05, 0.1) is 11.5 Å². The monoisotopic (exact) mass is 312 g/mol. The number of aliphatic hydroxyl groups excluding tert-OH is 1. The first-order valence-electron chi connectivity index (χ1n) is 8.73. The number of carbonyl (C=O) groups excluding carboxylic acids is 1. The van der Waals surface area contributed by atoms with E-state index in [-0.39, 0.29) is 11.3 Å². The molecule has 0 radical (unpaired) electrons. The highest BCUT2D eigenvalue weighted by Gasteiger charge is 2.43. The van der Waals surface area contributed by atoms with Gasteiger partial charge in [0.25, 0.3) is 0 Å². The second-order valence-corrected chi connectivity index (χ2v) is 7.22. The van der Waals surface area contributed by atoms with Crippen LogP contribution < -0.4 is 5.32 Å². The van der Waals surface area contributed by atoms with Gasteiger partial charge in [-0.25, -0.2) is 0 Å². The molecule has 1 amide bonds. The van der Waals surface area contributed by atoms with Gasteiger partial charge in [0.15, 0.2) is 0 Å². The van der Waals surface area contributed by atoms with E-state index in [1.807, 2.05) is 0 Å². The normalized spacial score (nSPS) is 23.8. The maximum Gasteiger partial charge on any atom is 0.226 e. The van der Waals surface area contributed by atoms with Gasteiger partial charge in [-0.3, -0.25) is 4.79 Å². The topological polar surface area (TPSA) is 61.8 Å². The Morgan fingerprint density at radius 2 is 2.09 bits per heavy atom. The minimum absolute atomic E-state index is 0.0992. The number of hydrogen-bond acceptors (Lipinski definition) is 4. The molecule has 1 aliphatic heterocycles. The summed E-state index contributed by atoms with van der Waals surface area (Å²) in [5.74, 6) is 0.898. The van der Waals surface area contributed by atoms with E-state index < -0.39 is 6.10 Å². The molecule has 0 spiro atoms. The van der Waals surface area contributed by atoms with Crippen LogP contribution in [0.15, 0.2) is 0 Å². The van der Waals surface area contributed by atoms with E-state index in [1.54, 1.807) is 7.11 Å². The zero-order valence-electron chi connectivity index (χ0n) is 14.1. The van der Waals surface area contributed by atoms with E-state index >= 15 is 0 Å². The van der Waals surface area contributed by atoms with Gasteiger partial charge in [-0.2, -0.15) is 0 Å². The number of carbonyl (C=O) groups is 1. The zero-order chi connectivity index (χ0) is 16.0. The van der Waals surface area contributed by atoms with Gasteiger partial charge in [-0.1, -0.05) is 13.3 Å². The van der Waals surface area contributed by atoms with Gasteiger partial charge in [0.1, 0.15) is 0 Å². The van der Waals surface area contributed by atoms with Crippen molar-refractivity contribution in [3.05, 3.63) is 0 Å². The van der Waals surface area contributed by atoms with Gasteiger partial charge >= 0.3 is 0 Å². The molecule has 0 aromatic carbocycles. The highest BCUT2D eigenvalue weighted by atomic mass is 16.5. The van der Waals surface area contributed by atoms with Gasteiger partial charge in [-0.15, -0.1) is 0 Å². The molecule has 2 rings (SSSR count). The Hall–Kier alpha value is -0.650. The highest BCUT2D eigenvalue weighted by molar-refractivity contribution is 5.83. The number of likely N-dealkylation sites (tertiary alicyclic amines) is 1. The van der Waals surface area contributed by atoms with Crippen LogP contribution in [0, 0.1) is 11.3 Å². The van der Waals surface area contributed by atoms with E-state index in [4.69, 9.17) is 4.74 Å². The second-order valence-electron chi connectivity index (χ2n) is 7.22. The number of β-amino-alcohol motifs (C(OH)–C–C–N with tert-alkyl or cyclic N) is 1. The van der Waals surface area contributed by atoms with E-state index in [1.165, 1.54) is 12.8 Å². The van der Waals surface area contributed by atoms with Crippen LogP contribution in [-0.2, 0) is 9.53 Å². The molecule has 5 heteroatoms. The molecule has 1 saturated heterocycles. The summed E-state index contributed by atoms with van der Waals surface area (Å²) >= 11 is 0. The van der Waals surface area contributed by atoms with Crippen LogP contribution in [0.25, 0.3) is 0 Å². The van der Waals surface area contributed by atoms with E-state index in [0.717, 1.165) is 44.7 Å². The molecule has 1 aliphatic carbocycles. The van der Waals surface area contributed by atoms with Gasteiger partial charge in [0.2, 0.25) is 5.91 Å². The lowest BCUT2D eigenvalue weighted by atomic mass is 9.66. The highest BCUT2D eigenvalue weighted by Crippen LogP contribution is 2.44. The Morgan fingerprint density at radius 1 is 1.41 bits per heavy atom. The maximum atomic E-state index is 12.4. The molecule has 0 bridgehead atoms. The van der Waals surface area contributed by atoms with Crippen molar-refractivity contribution in [2.45, 2.75) is 51.6 Å². The van der Waals surface area contributed by atoms with Crippen LogP contribution in [-0.4, -0.2) is 61.9 Å². The van der Waals surface area contributed by atoms with Crippen LogP contribution in [0.2, 0.25) is 0 Å². The fraction of sp³-hybridized carbons (Fsp3) is 0.941. The van der Waals surface area contributed by atoms with Gasteiger partial charge in [0, 0.05) is 26.8 Å². The zero-order valence-corrected chi connectivity index (χ0v) is 14.1. The summed E-state index contributed by atoms with van der Waals surface area (Å²) in [6.45, 7) is 6.06. The summed E-state index contributed by atoms with van der Waals surface area (Å²) in [4.78, 5) is 14.7. The lowest BCUT2D eigenvalue weighted by molar-refractivity contribution is -0.138. The smallest absolute Gasteiger partial charge is 0.226 e. The number of hydrogen-bond donors (Lipinski definition) is 2. The molecule has 22 heavy (non-hydrogen) atoms. The van der Waals surface area contributed by atoms with E-state index in [0.29, 0.717) is 19.7 Å². The van der Waals surface area contributed by atoms with Crippen LogP contribution in [0.1, 0.15) is 45.4 Å². The first kappa shape index (κ1) is 17.7. The Kier molecular flexibility index (Phi) is 6.66. The SMILES string of the molecule is COCCC1(C(=O)NCC(O)CN2CCC(C)CC2)CCC1. The molecule has 128 valence electrons. The summed E-state index contributed by atoms with van der Waals surface area (Å²) in [5, 5.41) is 13.1. The molecule has 5 nitrogen and oxygen atoms in total. The number of nitrogens with zero attached hydrogens (tertiary/aromatic N) is 1. The van der Waals surface area contributed by atoms with Crippen molar-refractivity contribution in [2.75, 3.05) is 39.9 Å².